The number of hydrogen-bond donors (Lipinski definition) is 0. The van der Waals surface area contributed by atoms with E-state index in [9.17, 15) is 4.79 Å². The normalized spacial score (nSPS) is 29.3. The minimum atomic E-state index is -0.146. The number of aromatic nitrogens is 2. The summed E-state index contributed by atoms with van der Waals surface area (Å²) in [5.41, 5.74) is 9.81. The first-order valence-electron chi connectivity index (χ1n) is 21.2. The van der Waals surface area contributed by atoms with Gasteiger partial charge in [0.15, 0.2) is 0 Å². The summed E-state index contributed by atoms with van der Waals surface area (Å²) in [5, 5.41) is 1.14. The molecule has 6 aliphatic rings. The lowest BCUT2D eigenvalue weighted by Gasteiger charge is -2.36. The first kappa shape index (κ1) is 35.8. The zero-order chi connectivity index (χ0) is 37.1. The topological polar surface area (TPSA) is 71.0 Å². The minimum Gasteiger partial charge on any atom is -0.461 e. The first-order chi connectivity index (χ1) is 26.2. The second-order valence-electron chi connectivity index (χ2n) is 18.1. The van der Waals surface area contributed by atoms with E-state index in [-0.39, 0.29) is 23.6 Å². The summed E-state index contributed by atoms with van der Waals surface area (Å²) in [6.45, 7) is 14.8. The molecule has 8 nitrogen and oxygen atoms in total. The van der Waals surface area contributed by atoms with Crippen molar-refractivity contribution in [2.45, 2.75) is 122 Å². The number of terminal acetylenes is 1. The largest absolute Gasteiger partial charge is 0.461 e. The highest BCUT2D eigenvalue weighted by Gasteiger charge is 2.50. The molecule has 286 valence electrons. The van der Waals surface area contributed by atoms with Crippen LogP contribution in [0.2, 0.25) is 0 Å². The van der Waals surface area contributed by atoms with E-state index >= 15 is 0 Å². The Morgan fingerprint density at radius 3 is 2.52 bits per heavy atom. The van der Waals surface area contributed by atoms with Gasteiger partial charge >= 0.3 is 12.1 Å². The number of fused-ring (bicyclic) bond motifs is 5. The third-order valence-electron chi connectivity index (χ3n) is 14.5. The predicted octanol–water partition coefficient (Wildman–Crippen LogP) is 8.49. The van der Waals surface area contributed by atoms with Gasteiger partial charge in [0.25, 0.3) is 0 Å². The molecule has 4 unspecified atom stereocenters. The summed E-state index contributed by atoms with van der Waals surface area (Å²) in [6.07, 6.45) is 19.8. The van der Waals surface area contributed by atoms with Gasteiger partial charge in [-0.2, -0.15) is 9.97 Å². The predicted molar refractivity (Wildman–Crippen MR) is 214 cm³/mol. The van der Waals surface area contributed by atoms with Crippen LogP contribution >= 0.6 is 0 Å². The fraction of sp³-hybridized carbons (Fsp3) is 0.630. The number of likely N-dealkylation sites (tertiary alicyclic amines) is 1. The summed E-state index contributed by atoms with van der Waals surface area (Å²) in [7, 11) is 0. The van der Waals surface area contributed by atoms with Crippen LogP contribution in [0.25, 0.3) is 10.9 Å². The number of carbonyl (C=O) groups is 1. The maximum absolute atomic E-state index is 12.9. The smallest absolute Gasteiger partial charge is 0.409 e. The Kier molecular flexibility index (Phi) is 9.53. The van der Waals surface area contributed by atoms with Crippen LogP contribution in [0.3, 0.4) is 0 Å². The standard InChI is InChI=1S/C46H59N5O3/c1-6-37-30(3)11-14-35-21-29(2)22-38(41(35)37)40-31(4)23-39-42(32(40)5)47-44(48-43(39)50-25-33-12-13-34(24-33)26-50)54-28-46-16-10-20-51(46)36(15-17-46)27-53-45(52)49-18-8-7-9-19-49/h1,11,14,23,29,33-34,36,38H,7-10,12-13,15-22,24-28H2,2-5H3/t29-,33?,34?,36?,38+,46?/m1/s1. The second kappa shape index (κ2) is 14.3. The van der Waals surface area contributed by atoms with Crippen LogP contribution in [-0.2, 0) is 11.2 Å². The molecule has 1 aromatic heterocycles. The fourth-order valence-corrected chi connectivity index (χ4v) is 11.9. The SMILES string of the molecule is C#Cc1c(C)ccc2c1[C@H](c1c(C)cc3c(N4CC5CCC(C5)C4)nc(OCC45CCCN4C(COC(=O)N4CCCCC4)CC5)nc3c1C)C[C@H](C)C2. The van der Waals surface area contributed by atoms with Crippen LogP contribution in [0.15, 0.2) is 18.2 Å². The number of amides is 1. The summed E-state index contributed by atoms with van der Waals surface area (Å²) < 4.78 is 12.8. The zero-order valence-electron chi connectivity index (χ0n) is 33.1. The lowest BCUT2D eigenvalue weighted by molar-refractivity contribution is 0.0420. The van der Waals surface area contributed by atoms with Crippen LogP contribution < -0.4 is 9.64 Å². The van der Waals surface area contributed by atoms with Gasteiger partial charge in [0.1, 0.15) is 19.0 Å². The monoisotopic (exact) mass is 729 g/mol. The molecule has 0 N–H and O–H groups in total. The Morgan fingerprint density at radius 1 is 0.944 bits per heavy atom. The molecule has 8 heteroatoms. The Balaban J connectivity index is 1.05. The van der Waals surface area contributed by atoms with Gasteiger partial charge in [-0.05, 0) is 162 Å². The van der Waals surface area contributed by atoms with Crippen LogP contribution in [-0.4, -0.2) is 83.4 Å². The van der Waals surface area contributed by atoms with E-state index in [2.05, 4.69) is 61.6 Å². The highest BCUT2D eigenvalue weighted by atomic mass is 16.6. The molecule has 2 bridgehead atoms. The summed E-state index contributed by atoms with van der Waals surface area (Å²) >= 11 is 0. The van der Waals surface area contributed by atoms with Gasteiger partial charge in [-0.25, -0.2) is 4.79 Å². The molecule has 4 saturated heterocycles. The molecule has 4 aliphatic heterocycles. The number of nitrogens with zero attached hydrogens (tertiary/aromatic N) is 5. The van der Waals surface area contributed by atoms with E-state index in [1.165, 1.54) is 59.1 Å². The Labute approximate surface area is 322 Å². The molecule has 6 atom stereocenters. The summed E-state index contributed by atoms with van der Waals surface area (Å²) in [4.78, 5) is 30.5. The van der Waals surface area contributed by atoms with Crippen molar-refractivity contribution in [1.29, 1.82) is 0 Å². The van der Waals surface area contributed by atoms with Crippen LogP contribution in [0, 0.1) is 50.9 Å². The lowest BCUT2D eigenvalue weighted by Crippen LogP contribution is -2.48. The van der Waals surface area contributed by atoms with Crippen molar-refractivity contribution in [2.24, 2.45) is 17.8 Å². The van der Waals surface area contributed by atoms with Crippen molar-refractivity contribution in [2.75, 3.05) is 50.8 Å². The minimum absolute atomic E-state index is 0.0795. The van der Waals surface area contributed by atoms with Gasteiger partial charge in [0.05, 0.1) is 11.1 Å². The van der Waals surface area contributed by atoms with E-state index in [0.29, 0.717) is 25.1 Å². The number of aryl methyl sites for hydroxylation is 3. The van der Waals surface area contributed by atoms with Gasteiger partial charge in [0.2, 0.25) is 0 Å². The third kappa shape index (κ3) is 6.33. The molecule has 1 amide bonds. The quantitative estimate of drug-likeness (QED) is 0.226. The molecular weight excluding hydrogens is 671 g/mol. The van der Waals surface area contributed by atoms with Gasteiger partial charge in [-0.15, -0.1) is 6.42 Å². The number of carbonyl (C=O) groups excluding carboxylic acids is 1. The van der Waals surface area contributed by atoms with Crippen LogP contribution in [0.5, 0.6) is 6.01 Å². The zero-order valence-corrected chi connectivity index (χ0v) is 33.1. The molecular formula is C46H59N5O3. The van der Waals surface area contributed by atoms with Gasteiger partial charge < -0.3 is 19.3 Å². The molecule has 54 heavy (non-hydrogen) atoms. The Bertz CT molecular complexity index is 1970. The third-order valence-corrected chi connectivity index (χ3v) is 14.5. The molecule has 1 saturated carbocycles. The average Bonchev–Trinajstić information content (AvgIpc) is 3.85. The Morgan fingerprint density at radius 2 is 1.74 bits per heavy atom. The molecule has 2 aromatic carbocycles. The van der Waals surface area contributed by atoms with Crippen molar-refractivity contribution in [3.8, 4) is 18.4 Å². The van der Waals surface area contributed by atoms with Crippen molar-refractivity contribution in [3.63, 3.8) is 0 Å². The maximum atomic E-state index is 12.9. The number of rotatable bonds is 7. The Hall–Kier alpha value is -3.83. The molecule has 5 fully saturated rings. The van der Waals surface area contributed by atoms with Crippen molar-refractivity contribution < 1.29 is 14.3 Å². The molecule has 0 spiro atoms. The average molecular weight is 730 g/mol. The number of ether oxygens (including phenoxy) is 2. The molecule has 9 rings (SSSR count). The summed E-state index contributed by atoms with van der Waals surface area (Å²) in [5.74, 6) is 6.38. The van der Waals surface area contributed by atoms with Crippen molar-refractivity contribution in [3.05, 3.63) is 57.1 Å². The highest BCUT2D eigenvalue weighted by Crippen LogP contribution is 2.47. The number of anilines is 1. The van der Waals surface area contributed by atoms with E-state index in [4.69, 9.17) is 25.9 Å². The number of hydrogen-bond acceptors (Lipinski definition) is 7. The van der Waals surface area contributed by atoms with E-state index in [1.807, 2.05) is 4.90 Å². The van der Waals surface area contributed by atoms with Crippen molar-refractivity contribution >= 4 is 22.8 Å². The van der Waals surface area contributed by atoms with Crippen molar-refractivity contribution in [1.82, 2.24) is 19.8 Å². The molecule has 3 aromatic rings. The van der Waals surface area contributed by atoms with Crippen LogP contribution in [0.1, 0.15) is 122 Å². The number of piperidine rings is 2. The van der Waals surface area contributed by atoms with E-state index in [0.717, 1.165) is 118 Å². The van der Waals surface area contributed by atoms with E-state index < -0.39 is 0 Å². The van der Waals surface area contributed by atoms with E-state index in [1.54, 1.807) is 0 Å². The second-order valence-corrected chi connectivity index (χ2v) is 18.1. The lowest BCUT2D eigenvalue weighted by atomic mass is 9.70. The number of benzene rings is 2. The highest BCUT2D eigenvalue weighted by molar-refractivity contribution is 5.94. The first-order valence-corrected chi connectivity index (χ1v) is 21.2. The fourth-order valence-electron chi connectivity index (χ4n) is 11.9. The summed E-state index contributed by atoms with van der Waals surface area (Å²) in [6, 6.07) is 7.62. The molecule has 0 radical (unpaired) electrons. The van der Waals surface area contributed by atoms with Gasteiger partial charge in [-0.1, -0.05) is 25.0 Å². The molecule has 2 aliphatic carbocycles. The van der Waals surface area contributed by atoms with Gasteiger partial charge in [-0.3, -0.25) is 4.90 Å². The molecule has 5 heterocycles. The van der Waals surface area contributed by atoms with Gasteiger partial charge in [0, 0.05) is 49.1 Å². The maximum Gasteiger partial charge on any atom is 0.409 e. The van der Waals surface area contributed by atoms with Crippen LogP contribution in [0.4, 0.5) is 10.6 Å².